The summed E-state index contributed by atoms with van der Waals surface area (Å²) in [5.74, 6) is -0.446. The number of nitrogens with zero attached hydrogens (tertiary/aromatic N) is 1. The maximum atomic E-state index is 12.4. The summed E-state index contributed by atoms with van der Waals surface area (Å²) in [6.45, 7) is 7.10. The van der Waals surface area contributed by atoms with Crippen LogP contribution in [-0.2, 0) is 19.4 Å². The van der Waals surface area contributed by atoms with Gasteiger partial charge in [-0.1, -0.05) is 20.3 Å². The Labute approximate surface area is 127 Å². The van der Waals surface area contributed by atoms with Crippen molar-refractivity contribution in [3.05, 3.63) is 0 Å². The largest absolute Gasteiger partial charge is 0.343 e. The van der Waals surface area contributed by atoms with Gasteiger partial charge in [0.05, 0.1) is 11.0 Å². The number of rotatable bonds is 7. The quantitative estimate of drug-likeness (QED) is 0.749. The van der Waals surface area contributed by atoms with E-state index in [0.29, 0.717) is 12.8 Å². The third-order valence-electron chi connectivity index (χ3n) is 3.88. The Bertz CT molecular complexity index is 487. The molecule has 1 heterocycles. The minimum absolute atomic E-state index is 0.0888. The van der Waals surface area contributed by atoms with Crippen LogP contribution < -0.4 is 5.32 Å². The van der Waals surface area contributed by atoms with Crippen molar-refractivity contribution in [3.8, 4) is 0 Å². The molecular weight excluding hydrogens is 292 g/mol. The third-order valence-corrected chi connectivity index (χ3v) is 6.06. The van der Waals surface area contributed by atoms with Crippen molar-refractivity contribution in [2.75, 3.05) is 12.3 Å². The van der Waals surface area contributed by atoms with Gasteiger partial charge in [-0.15, -0.1) is 0 Å². The molecule has 2 amide bonds. The Kier molecular flexibility index (Phi) is 6.19. The normalized spacial score (nSPS) is 23.6. The highest BCUT2D eigenvalue weighted by molar-refractivity contribution is 7.92. The van der Waals surface area contributed by atoms with E-state index in [1.165, 1.54) is 4.90 Å². The predicted octanol–water partition coefficient (Wildman–Crippen LogP) is 0.715. The number of carbonyl (C=O) groups is 2. The topological polar surface area (TPSA) is 83.6 Å². The third kappa shape index (κ3) is 4.18. The van der Waals surface area contributed by atoms with Gasteiger partial charge < -0.3 is 10.2 Å². The van der Waals surface area contributed by atoms with Crippen molar-refractivity contribution >= 4 is 21.7 Å². The van der Waals surface area contributed by atoms with Gasteiger partial charge in [0.1, 0.15) is 12.1 Å². The highest BCUT2D eigenvalue weighted by Gasteiger charge is 2.39. The smallest absolute Gasteiger partial charge is 0.245 e. The number of hydrogen-bond donors (Lipinski definition) is 1. The zero-order valence-electron chi connectivity index (χ0n) is 13.3. The Morgan fingerprint density at radius 2 is 1.86 bits per heavy atom. The van der Waals surface area contributed by atoms with Crippen molar-refractivity contribution in [2.45, 2.75) is 64.3 Å². The summed E-state index contributed by atoms with van der Waals surface area (Å²) < 4.78 is 23.8. The van der Waals surface area contributed by atoms with E-state index in [4.69, 9.17) is 0 Å². The van der Waals surface area contributed by atoms with Crippen LogP contribution in [0.4, 0.5) is 0 Å². The molecule has 0 aromatic heterocycles. The molecule has 0 spiro atoms. The van der Waals surface area contributed by atoms with Crippen molar-refractivity contribution < 1.29 is 18.0 Å². The van der Waals surface area contributed by atoms with Gasteiger partial charge >= 0.3 is 0 Å². The van der Waals surface area contributed by atoms with Crippen molar-refractivity contribution in [1.82, 2.24) is 10.2 Å². The van der Waals surface area contributed by atoms with E-state index in [1.807, 2.05) is 13.8 Å². The van der Waals surface area contributed by atoms with E-state index in [1.54, 1.807) is 13.8 Å². The molecule has 1 fully saturated rings. The lowest BCUT2D eigenvalue weighted by molar-refractivity contribution is -0.149. The molecule has 2 unspecified atom stereocenters. The van der Waals surface area contributed by atoms with Crippen LogP contribution in [0, 0.1) is 0 Å². The van der Waals surface area contributed by atoms with E-state index >= 15 is 0 Å². The van der Waals surface area contributed by atoms with Gasteiger partial charge in [0.25, 0.3) is 0 Å². The van der Waals surface area contributed by atoms with E-state index < -0.39 is 27.2 Å². The standard InChI is InChI=1S/C14H26N2O4S/c1-5-7-11-14(18)16(12(6-2)13(17)15-11)8-9-21(19,20)10(3)4/h10-12H,5-9H2,1-4H3,(H,15,17). The van der Waals surface area contributed by atoms with E-state index in [-0.39, 0.29) is 24.1 Å². The van der Waals surface area contributed by atoms with Crippen LogP contribution in [0.15, 0.2) is 0 Å². The average Bonchev–Trinajstić information content (AvgIpc) is 2.40. The fourth-order valence-electron chi connectivity index (χ4n) is 2.44. The van der Waals surface area contributed by atoms with Crippen LogP contribution >= 0.6 is 0 Å². The molecule has 122 valence electrons. The molecule has 0 aromatic carbocycles. The van der Waals surface area contributed by atoms with Crippen molar-refractivity contribution in [3.63, 3.8) is 0 Å². The second-order valence-corrected chi connectivity index (χ2v) is 8.40. The van der Waals surface area contributed by atoms with Crippen molar-refractivity contribution in [1.29, 1.82) is 0 Å². The Balaban J connectivity index is 2.88. The van der Waals surface area contributed by atoms with Gasteiger partial charge in [0.2, 0.25) is 11.8 Å². The van der Waals surface area contributed by atoms with Crippen LogP contribution in [0.3, 0.4) is 0 Å². The number of piperazine rings is 1. The fraction of sp³-hybridized carbons (Fsp3) is 0.857. The molecular formula is C14H26N2O4S. The predicted molar refractivity (Wildman–Crippen MR) is 81.6 cm³/mol. The maximum Gasteiger partial charge on any atom is 0.245 e. The lowest BCUT2D eigenvalue weighted by Crippen LogP contribution is -2.63. The molecule has 1 aliphatic rings. The van der Waals surface area contributed by atoms with Crippen LogP contribution in [0.1, 0.15) is 47.0 Å². The number of amides is 2. The van der Waals surface area contributed by atoms with Gasteiger partial charge in [-0.2, -0.15) is 0 Å². The number of nitrogens with one attached hydrogen (secondary N) is 1. The van der Waals surface area contributed by atoms with E-state index in [0.717, 1.165) is 6.42 Å². The summed E-state index contributed by atoms with van der Waals surface area (Å²) in [5, 5.41) is 2.26. The average molecular weight is 318 g/mol. The van der Waals surface area contributed by atoms with Gasteiger partial charge in [-0.25, -0.2) is 8.42 Å². The van der Waals surface area contributed by atoms with Gasteiger partial charge in [0, 0.05) is 6.54 Å². The van der Waals surface area contributed by atoms with Gasteiger partial charge in [0.15, 0.2) is 9.84 Å². The molecule has 6 nitrogen and oxygen atoms in total. The van der Waals surface area contributed by atoms with Crippen molar-refractivity contribution in [2.24, 2.45) is 0 Å². The molecule has 0 saturated carbocycles. The molecule has 0 radical (unpaired) electrons. The number of carbonyl (C=O) groups excluding carboxylic acids is 2. The fourth-order valence-corrected chi connectivity index (χ4v) is 3.36. The molecule has 7 heteroatoms. The minimum Gasteiger partial charge on any atom is -0.343 e. The van der Waals surface area contributed by atoms with E-state index in [2.05, 4.69) is 5.32 Å². The number of hydrogen-bond acceptors (Lipinski definition) is 4. The molecule has 1 saturated heterocycles. The first-order valence-corrected chi connectivity index (χ1v) is 9.28. The van der Waals surface area contributed by atoms with Crippen LogP contribution in [-0.4, -0.2) is 54.8 Å². The molecule has 1 N–H and O–H groups in total. The first-order valence-electron chi connectivity index (χ1n) is 7.57. The molecule has 0 bridgehead atoms. The highest BCUT2D eigenvalue weighted by Crippen LogP contribution is 2.16. The Hall–Kier alpha value is -1.11. The summed E-state index contributed by atoms with van der Waals surface area (Å²) in [4.78, 5) is 25.9. The van der Waals surface area contributed by atoms with Gasteiger partial charge in [-0.3, -0.25) is 9.59 Å². The van der Waals surface area contributed by atoms with Crippen LogP contribution in [0.25, 0.3) is 0 Å². The van der Waals surface area contributed by atoms with E-state index in [9.17, 15) is 18.0 Å². The summed E-state index contributed by atoms with van der Waals surface area (Å²) in [6.07, 6.45) is 1.85. The molecule has 0 aliphatic carbocycles. The lowest BCUT2D eigenvalue weighted by Gasteiger charge is -2.38. The first kappa shape index (κ1) is 17.9. The zero-order valence-corrected chi connectivity index (χ0v) is 14.1. The summed E-state index contributed by atoms with van der Waals surface area (Å²) in [6, 6.07) is -1.08. The molecule has 0 aromatic rings. The monoisotopic (exact) mass is 318 g/mol. The highest BCUT2D eigenvalue weighted by atomic mass is 32.2. The Morgan fingerprint density at radius 1 is 1.24 bits per heavy atom. The maximum absolute atomic E-state index is 12.4. The first-order chi connectivity index (χ1) is 9.74. The lowest BCUT2D eigenvalue weighted by atomic mass is 10.0. The molecule has 1 aliphatic heterocycles. The SMILES string of the molecule is CCCC1NC(=O)C(CC)N(CCS(=O)(=O)C(C)C)C1=O. The second kappa shape index (κ2) is 7.24. The molecule has 2 atom stereocenters. The summed E-state index contributed by atoms with van der Waals surface area (Å²) in [5.41, 5.74) is 0. The summed E-state index contributed by atoms with van der Waals surface area (Å²) in [7, 11) is -3.23. The van der Waals surface area contributed by atoms with Gasteiger partial charge in [-0.05, 0) is 26.7 Å². The zero-order chi connectivity index (χ0) is 16.2. The summed E-state index contributed by atoms with van der Waals surface area (Å²) >= 11 is 0. The number of sulfone groups is 1. The Morgan fingerprint density at radius 3 is 2.33 bits per heavy atom. The molecule has 1 rings (SSSR count). The minimum atomic E-state index is -3.23. The van der Waals surface area contributed by atoms with Crippen LogP contribution in [0.2, 0.25) is 0 Å². The van der Waals surface area contributed by atoms with Crippen LogP contribution in [0.5, 0.6) is 0 Å². The second-order valence-electron chi connectivity index (χ2n) is 5.72. The molecule has 21 heavy (non-hydrogen) atoms.